The van der Waals surface area contributed by atoms with Gasteiger partial charge in [0.2, 0.25) is 0 Å². The van der Waals surface area contributed by atoms with Crippen molar-refractivity contribution in [1.82, 2.24) is 0 Å². The van der Waals surface area contributed by atoms with Crippen LogP contribution in [0.5, 0.6) is 0 Å². The van der Waals surface area contributed by atoms with E-state index in [1.54, 1.807) is 0 Å². The second-order valence-corrected chi connectivity index (χ2v) is 17.2. The average Bonchev–Trinajstić information content (AvgIpc) is 3.79. The first-order valence-corrected chi connectivity index (χ1v) is 22.7. The summed E-state index contributed by atoms with van der Waals surface area (Å²) in [6.07, 6.45) is 0. The number of hydrogen-bond donors (Lipinski definition) is 0. The van der Waals surface area contributed by atoms with Crippen LogP contribution in [-0.4, -0.2) is 0 Å². The molecule has 2 nitrogen and oxygen atoms in total. The molecule has 0 spiro atoms. The van der Waals surface area contributed by atoms with Gasteiger partial charge in [0.1, 0.15) is 11.2 Å². The van der Waals surface area contributed by atoms with Crippen molar-refractivity contribution in [3.8, 4) is 44.5 Å². The van der Waals surface area contributed by atoms with E-state index in [2.05, 4.69) is 254 Å². The van der Waals surface area contributed by atoms with Gasteiger partial charge in [0.25, 0.3) is 0 Å². The van der Waals surface area contributed by atoms with Crippen molar-refractivity contribution in [2.75, 3.05) is 4.90 Å². The zero-order chi connectivity index (χ0) is 43.6. The Hall–Kier alpha value is -8.72. The zero-order valence-electron chi connectivity index (χ0n) is 36.0. The zero-order valence-corrected chi connectivity index (χ0v) is 36.0. The predicted molar refractivity (Wildman–Crippen MR) is 280 cm³/mol. The largest absolute Gasteiger partial charge is 0.455 e. The molecule has 0 amide bonds. The topological polar surface area (TPSA) is 16.4 Å². The molecule has 12 aromatic carbocycles. The van der Waals surface area contributed by atoms with Crippen LogP contribution < -0.4 is 4.90 Å². The van der Waals surface area contributed by atoms with E-state index in [4.69, 9.17) is 4.42 Å². The van der Waals surface area contributed by atoms with E-state index in [-0.39, 0.29) is 0 Å². The van der Waals surface area contributed by atoms with Crippen molar-refractivity contribution in [3.63, 3.8) is 0 Å². The number of rotatable bonds is 7. The highest BCUT2D eigenvalue weighted by Crippen LogP contribution is 2.50. The Kier molecular flexibility index (Phi) is 8.89. The van der Waals surface area contributed by atoms with E-state index >= 15 is 0 Å². The second kappa shape index (κ2) is 15.5. The molecule has 2 heteroatoms. The molecule has 0 fully saturated rings. The maximum absolute atomic E-state index is 7.07. The molecule has 0 saturated carbocycles. The minimum Gasteiger partial charge on any atom is -0.455 e. The molecule has 0 atom stereocenters. The van der Waals surface area contributed by atoms with Gasteiger partial charge in [-0.2, -0.15) is 0 Å². The summed E-state index contributed by atoms with van der Waals surface area (Å²) in [6, 6.07) is 90.2. The molecule has 0 unspecified atom stereocenters. The van der Waals surface area contributed by atoms with Crippen molar-refractivity contribution >= 4 is 82.1 Å². The maximum Gasteiger partial charge on any atom is 0.145 e. The van der Waals surface area contributed by atoms with Crippen LogP contribution in [0, 0.1) is 0 Å². The predicted octanol–water partition coefficient (Wildman–Crippen LogP) is 18.3. The lowest BCUT2D eigenvalue weighted by Crippen LogP contribution is -2.12. The number of furan rings is 1. The Balaban J connectivity index is 1.06. The summed E-state index contributed by atoms with van der Waals surface area (Å²) < 4.78 is 7.07. The summed E-state index contributed by atoms with van der Waals surface area (Å²) in [6.45, 7) is 0. The fourth-order valence-corrected chi connectivity index (χ4v) is 10.4. The third-order valence-electron chi connectivity index (χ3n) is 13.4. The summed E-state index contributed by atoms with van der Waals surface area (Å²) >= 11 is 0. The first-order valence-electron chi connectivity index (χ1n) is 22.7. The van der Waals surface area contributed by atoms with Gasteiger partial charge in [0, 0.05) is 22.2 Å². The highest BCUT2D eigenvalue weighted by atomic mass is 16.3. The molecule has 13 rings (SSSR count). The molecule has 1 aromatic heterocycles. The summed E-state index contributed by atoms with van der Waals surface area (Å²) in [5.74, 6) is 0. The number of benzene rings is 12. The summed E-state index contributed by atoms with van der Waals surface area (Å²) in [7, 11) is 0. The van der Waals surface area contributed by atoms with Crippen molar-refractivity contribution in [2.45, 2.75) is 0 Å². The minimum absolute atomic E-state index is 0.855. The fraction of sp³-hybridized carbons (Fsp3) is 0. The van der Waals surface area contributed by atoms with E-state index in [0.29, 0.717) is 0 Å². The Bertz CT molecular complexity index is 3990. The van der Waals surface area contributed by atoms with Crippen LogP contribution in [0.3, 0.4) is 0 Å². The van der Waals surface area contributed by atoms with Crippen LogP contribution in [0.2, 0.25) is 0 Å². The van der Waals surface area contributed by atoms with Crippen molar-refractivity contribution in [1.29, 1.82) is 0 Å². The van der Waals surface area contributed by atoms with Crippen LogP contribution in [0.1, 0.15) is 0 Å². The van der Waals surface area contributed by atoms with Gasteiger partial charge >= 0.3 is 0 Å². The molecular formula is C64H41NO. The number of nitrogens with zero attached hydrogens (tertiary/aromatic N) is 1. The molecule has 0 saturated heterocycles. The van der Waals surface area contributed by atoms with Gasteiger partial charge in [-0.25, -0.2) is 0 Å². The van der Waals surface area contributed by atoms with Crippen molar-refractivity contribution < 1.29 is 4.42 Å². The highest BCUT2D eigenvalue weighted by molar-refractivity contribution is 6.21. The van der Waals surface area contributed by atoms with E-state index < -0.39 is 0 Å². The standard InChI is InChI=1S/C64H41NO/c1-2-17-42(18-3-1)44-21-16-22-45(39-44)51-25-12-14-31-60(51)65(48-35-33-43(34-36-48)58-40-46-19-4-6-23-49(46)52-26-8-10-28-54(52)58)61-38-37-56(64-63(61)57-30-13-15-32-62(57)66-64)59-41-47-20-5-7-24-50(47)53-27-9-11-29-55(53)59/h1-41H. The van der Waals surface area contributed by atoms with Crippen molar-refractivity contribution in [2.24, 2.45) is 0 Å². The van der Waals surface area contributed by atoms with Gasteiger partial charge < -0.3 is 9.32 Å². The van der Waals surface area contributed by atoms with Crippen LogP contribution in [-0.2, 0) is 0 Å². The Morgan fingerprint density at radius 3 is 1.55 bits per heavy atom. The maximum atomic E-state index is 7.07. The lowest BCUT2D eigenvalue weighted by atomic mass is 9.91. The van der Waals surface area contributed by atoms with Gasteiger partial charge in [-0.3, -0.25) is 0 Å². The minimum atomic E-state index is 0.855. The molecule has 13 aromatic rings. The molecule has 0 bridgehead atoms. The van der Waals surface area contributed by atoms with Gasteiger partial charge in [-0.15, -0.1) is 0 Å². The SMILES string of the molecule is c1ccc(-c2cccc(-c3ccccc3N(c3ccc(-c4cc5ccccc5c5ccccc45)cc3)c3ccc(-c4cc5ccccc5c5ccccc45)c4oc5ccccc5c34)c2)cc1. The van der Waals surface area contributed by atoms with Crippen LogP contribution >= 0.6 is 0 Å². The Labute approximate surface area is 382 Å². The lowest BCUT2D eigenvalue weighted by molar-refractivity contribution is 0.670. The van der Waals surface area contributed by atoms with E-state index in [0.717, 1.165) is 61.3 Å². The van der Waals surface area contributed by atoms with E-state index in [1.807, 2.05) is 0 Å². The number of fused-ring (bicyclic) bond motifs is 9. The fourth-order valence-electron chi connectivity index (χ4n) is 10.4. The lowest BCUT2D eigenvalue weighted by Gasteiger charge is -2.29. The normalized spacial score (nSPS) is 11.6. The summed E-state index contributed by atoms with van der Waals surface area (Å²) in [5.41, 5.74) is 14.1. The Morgan fingerprint density at radius 2 is 0.818 bits per heavy atom. The average molecular weight is 840 g/mol. The molecule has 0 aliphatic carbocycles. The highest BCUT2D eigenvalue weighted by Gasteiger charge is 2.25. The first kappa shape index (κ1) is 37.8. The van der Waals surface area contributed by atoms with Gasteiger partial charge in [0.05, 0.1) is 16.8 Å². The monoisotopic (exact) mass is 839 g/mol. The van der Waals surface area contributed by atoms with E-state index in [1.165, 1.54) is 65.3 Å². The third-order valence-corrected chi connectivity index (χ3v) is 13.4. The number of para-hydroxylation sites is 2. The molecular weight excluding hydrogens is 799 g/mol. The Morgan fingerprint density at radius 1 is 0.273 bits per heavy atom. The molecule has 308 valence electrons. The second-order valence-electron chi connectivity index (χ2n) is 17.2. The first-order chi connectivity index (χ1) is 32.7. The summed E-state index contributed by atoms with van der Waals surface area (Å²) in [4.78, 5) is 2.44. The molecule has 0 aliphatic heterocycles. The molecule has 0 radical (unpaired) electrons. The van der Waals surface area contributed by atoms with Gasteiger partial charge in [-0.05, 0) is 131 Å². The molecule has 1 heterocycles. The molecule has 0 aliphatic rings. The van der Waals surface area contributed by atoms with Crippen LogP contribution in [0.15, 0.2) is 253 Å². The smallest absolute Gasteiger partial charge is 0.145 e. The van der Waals surface area contributed by atoms with Gasteiger partial charge in [0.15, 0.2) is 0 Å². The van der Waals surface area contributed by atoms with Crippen molar-refractivity contribution in [3.05, 3.63) is 249 Å². The van der Waals surface area contributed by atoms with Gasteiger partial charge in [-0.1, -0.05) is 194 Å². The summed E-state index contributed by atoms with van der Waals surface area (Å²) in [5, 5.41) is 12.0. The number of anilines is 3. The van der Waals surface area contributed by atoms with E-state index in [9.17, 15) is 0 Å². The number of hydrogen-bond acceptors (Lipinski definition) is 2. The quantitative estimate of drug-likeness (QED) is 0.149. The molecule has 0 N–H and O–H groups in total. The third kappa shape index (κ3) is 6.18. The van der Waals surface area contributed by atoms with Crippen LogP contribution in [0.25, 0.3) is 110 Å². The van der Waals surface area contributed by atoms with Crippen LogP contribution in [0.4, 0.5) is 17.1 Å². The molecule has 66 heavy (non-hydrogen) atoms.